The van der Waals surface area contributed by atoms with Crippen molar-refractivity contribution in [1.29, 1.82) is 0 Å². The third kappa shape index (κ3) is 4.06. The number of carbonyl (C=O) groups is 2. The Bertz CT molecular complexity index is 783. The lowest BCUT2D eigenvalue weighted by molar-refractivity contribution is -0.130. The fourth-order valence-corrected chi connectivity index (χ4v) is 3.86. The maximum Gasteiger partial charge on any atom is 0.225 e. The van der Waals surface area contributed by atoms with E-state index in [9.17, 15) is 9.59 Å². The minimum absolute atomic E-state index is 0.00703. The number of nitrogens with zero attached hydrogens (tertiary/aromatic N) is 1. The van der Waals surface area contributed by atoms with Gasteiger partial charge in [0.25, 0.3) is 0 Å². The quantitative estimate of drug-likeness (QED) is 0.829. The molecule has 2 amide bonds. The Morgan fingerprint density at radius 1 is 1.15 bits per heavy atom. The van der Waals surface area contributed by atoms with Crippen molar-refractivity contribution >= 4 is 22.6 Å². The normalized spacial score (nSPS) is 17.3. The number of rotatable bonds is 7. The summed E-state index contributed by atoms with van der Waals surface area (Å²) in [6.07, 6.45) is 3.03. The number of likely N-dealkylation sites (tertiary alicyclic amines) is 1. The molecule has 0 aromatic heterocycles. The lowest BCUT2D eigenvalue weighted by atomic mass is 10.0. The fraction of sp³-hybridized carbons (Fsp3) is 0.455. The van der Waals surface area contributed by atoms with Gasteiger partial charge >= 0.3 is 0 Å². The van der Waals surface area contributed by atoms with Crippen LogP contribution in [-0.4, -0.2) is 35.8 Å². The highest BCUT2D eigenvalue weighted by atomic mass is 16.2. The predicted octanol–water partition coefficient (Wildman–Crippen LogP) is 3.54. The second-order valence-electron chi connectivity index (χ2n) is 7.14. The SMILES string of the molecule is CCC(CC)N1CC(C(=O)NCCc2ccc3ccccc3c2)CC1=O. The first kappa shape index (κ1) is 18.4. The summed E-state index contributed by atoms with van der Waals surface area (Å²) in [5, 5.41) is 5.47. The van der Waals surface area contributed by atoms with Crippen molar-refractivity contribution in [2.45, 2.75) is 45.6 Å². The number of hydrogen-bond acceptors (Lipinski definition) is 2. The topological polar surface area (TPSA) is 49.4 Å². The van der Waals surface area contributed by atoms with Crippen LogP contribution in [0, 0.1) is 5.92 Å². The summed E-state index contributed by atoms with van der Waals surface area (Å²) in [4.78, 5) is 26.6. The Kier molecular flexibility index (Phi) is 5.92. The van der Waals surface area contributed by atoms with Crippen molar-refractivity contribution < 1.29 is 9.59 Å². The third-order valence-corrected chi connectivity index (χ3v) is 5.44. The largest absolute Gasteiger partial charge is 0.355 e. The van der Waals surface area contributed by atoms with Gasteiger partial charge in [0.15, 0.2) is 0 Å². The lowest BCUT2D eigenvalue weighted by Crippen LogP contribution is -2.38. The second kappa shape index (κ2) is 8.35. The molecule has 1 fully saturated rings. The Hall–Kier alpha value is -2.36. The van der Waals surface area contributed by atoms with Crippen LogP contribution in [-0.2, 0) is 16.0 Å². The van der Waals surface area contributed by atoms with Crippen molar-refractivity contribution in [3.8, 4) is 0 Å². The van der Waals surface area contributed by atoms with E-state index in [1.54, 1.807) is 0 Å². The van der Waals surface area contributed by atoms with E-state index in [-0.39, 0.29) is 23.8 Å². The molecule has 1 atom stereocenters. The minimum Gasteiger partial charge on any atom is -0.355 e. The molecule has 26 heavy (non-hydrogen) atoms. The molecule has 4 heteroatoms. The van der Waals surface area contributed by atoms with E-state index in [1.807, 2.05) is 17.0 Å². The van der Waals surface area contributed by atoms with Crippen molar-refractivity contribution in [2.75, 3.05) is 13.1 Å². The summed E-state index contributed by atoms with van der Waals surface area (Å²) < 4.78 is 0. The monoisotopic (exact) mass is 352 g/mol. The first-order valence-electron chi connectivity index (χ1n) is 9.67. The molecule has 0 aliphatic carbocycles. The standard InChI is InChI=1S/C22H28N2O2/c1-3-20(4-2)24-15-19(14-21(24)25)22(26)23-12-11-16-9-10-17-7-5-6-8-18(17)13-16/h5-10,13,19-20H,3-4,11-12,14-15H2,1-2H3,(H,23,26). The van der Waals surface area contributed by atoms with Crippen LogP contribution in [0.4, 0.5) is 0 Å². The van der Waals surface area contributed by atoms with Crippen molar-refractivity contribution in [2.24, 2.45) is 5.92 Å². The van der Waals surface area contributed by atoms with E-state index in [0.29, 0.717) is 19.5 Å². The van der Waals surface area contributed by atoms with Gasteiger partial charge in [0, 0.05) is 25.6 Å². The van der Waals surface area contributed by atoms with Gasteiger partial charge in [0.2, 0.25) is 11.8 Å². The zero-order valence-electron chi connectivity index (χ0n) is 15.7. The minimum atomic E-state index is -0.209. The van der Waals surface area contributed by atoms with E-state index in [0.717, 1.165) is 19.3 Å². The first-order chi connectivity index (χ1) is 12.6. The van der Waals surface area contributed by atoms with Crippen LogP contribution in [0.5, 0.6) is 0 Å². The highest BCUT2D eigenvalue weighted by molar-refractivity contribution is 5.89. The number of carbonyl (C=O) groups excluding carboxylic acids is 2. The van der Waals surface area contributed by atoms with E-state index < -0.39 is 0 Å². The Morgan fingerprint density at radius 3 is 2.62 bits per heavy atom. The molecule has 3 rings (SSSR count). The molecule has 0 spiro atoms. The molecule has 1 heterocycles. The maximum atomic E-state index is 12.4. The Morgan fingerprint density at radius 2 is 1.88 bits per heavy atom. The number of fused-ring (bicyclic) bond motifs is 1. The van der Waals surface area contributed by atoms with Crippen LogP contribution in [0.3, 0.4) is 0 Å². The van der Waals surface area contributed by atoms with Gasteiger partial charge in [-0.3, -0.25) is 9.59 Å². The summed E-state index contributed by atoms with van der Waals surface area (Å²) in [6.45, 7) is 5.36. The van der Waals surface area contributed by atoms with Gasteiger partial charge in [-0.1, -0.05) is 56.3 Å². The Balaban J connectivity index is 1.51. The molecule has 0 saturated carbocycles. The van der Waals surface area contributed by atoms with Gasteiger partial charge < -0.3 is 10.2 Å². The van der Waals surface area contributed by atoms with Crippen molar-refractivity contribution in [3.63, 3.8) is 0 Å². The summed E-state index contributed by atoms with van der Waals surface area (Å²) in [6, 6.07) is 15.0. The van der Waals surface area contributed by atoms with Gasteiger partial charge in [-0.25, -0.2) is 0 Å². The highest BCUT2D eigenvalue weighted by Gasteiger charge is 2.36. The van der Waals surface area contributed by atoms with E-state index in [2.05, 4.69) is 49.5 Å². The van der Waals surface area contributed by atoms with Crippen LogP contribution < -0.4 is 5.32 Å². The molecule has 2 aromatic rings. The van der Waals surface area contributed by atoms with Crippen LogP contribution >= 0.6 is 0 Å². The molecule has 1 saturated heterocycles. The molecule has 4 nitrogen and oxygen atoms in total. The fourth-order valence-electron chi connectivity index (χ4n) is 3.86. The van der Waals surface area contributed by atoms with Crippen LogP contribution in [0.25, 0.3) is 10.8 Å². The van der Waals surface area contributed by atoms with Crippen molar-refractivity contribution in [1.82, 2.24) is 10.2 Å². The smallest absolute Gasteiger partial charge is 0.225 e. The first-order valence-corrected chi connectivity index (χ1v) is 9.67. The van der Waals surface area contributed by atoms with Crippen LogP contribution in [0.1, 0.15) is 38.7 Å². The van der Waals surface area contributed by atoms with Gasteiger partial charge in [0.05, 0.1) is 5.92 Å². The molecular weight excluding hydrogens is 324 g/mol. The summed E-state index contributed by atoms with van der Waals surface area (Å²) in [5.41, 5.74) is 1.21. The van der Waals surface area contributed by atoms with Gasteiger partial charge in [0.1, 0.15) is 0 Å². The summed E-state index contributed by atoms with van der Waals surface area (Å²) in [7, 11) is 0. The average molecular weight is 352 g/mol. The van der Waals surface area contributed by atoms with E-state index in [4.69, 9.17) is 0 Å². The predicted molar refractivity (Wildman–Crippen MR) is 105 cm³/mol. The molecule has 1 aliphatic heterocycles. The molecule has 1 unspecified atom stereocenters. The average Bonchev–Trinajstić information content (AvgIpc) is 3.04. The van der Waals surface area contributed by atoms with Crippen LogP contribution in [0.2, 0.25) is 0 Å². The molecule has 138 valence electrons. The zero-order valence-corrected chi connectivity index (χ0v) is 15.7. The van der Waals surface area contributed by atoms with E-state index in [1.165, 1.54) is 16.3 Å². The second-order valence-corrected chi connectivity index (χ2v) is 7.14. The highest BCUT2D eigenvalue weighted by Crippen LogP contribution is 2.23. The number of nitrogens with one attached hydrogen (secondary N) is 1. The van der Waals surface area contributed by atoms with Gasteiger partial charge in [-0.05, 0) is 35.6 Å². The molecule has 1 N–H and O–H groups in total. The third-order valence-electron chi connectivity index (χ3n) is 5.44. The van der Waals surface area contributed by atoms with Gasteiger partial charge in [-0.2, -0.15) is 0 Å². The molecule has 1 aliphatic rings. The molecular formula is C22H28N2O2. The molecule has 0 radical (unpaired) electrons. The van der Waals surface area contributed by atoms with Gasteiger partial charge in [-0.15, -0.1) is 0 Å². The summed E-state index contributed by atoms with van der Waals surface area (Å²) in [5.74, 6) is -0.0827. The number of benzene rings is 2. The molecule has 2 aromatic carbocycles. The lowest BCUT2D eigenvalue weighted by Gasteiger charge is -2.26. The number of amides is 2. The summed E-state index contributed by atoms with van der Waals surface area (Å²) >= 11 is 0. The zero-order chi connectivity index (χ0) is 18.5. The molecule has 0 bridgehead atoms. The van der Waals surface area contributed by atoms with Crippen LogP contribution in [0.15, 0.2) is 42.5 Å². The Labute approximate surface area is 155 Å². The maximum absolute atomic E-state index is 12.4. The van der Waals surface area contributed by atoms with Crippen molar-refractivity contribution in [3.05, 3.63) is 48.0 Å². The van der Waals surface area contributed by atoms with E-state index >= 15 is 0 Å². The number of hydrogen-bond donors (Lipinski definition) is 1.